The van der Waals surface area contributed by atoms with Crippen molar-refractivity contribution in [1.82, 2.24) is 19.9 Å². The number of nitrogens with zero attached hydrogens (tertiary/aromatic N) is 3. The lowest BCUT2D eigenvalue weighted by Gasteiger charge is -2.44. The molecule has 1 aromatic carbocycles. The first kappa shape index (κ1) is 25.7. The number of H-pyrrole nitrogens is 1. The molecule has 2 aromatic heterocycles. The maximum absolute atomic E-state index is 9.01. The first-order valence-corrected chi connectivity index (χ1v) is 16.0. The van der Waals surface area contributed by atoms with Crippen LogP contribution in [-0.4, -0.2) is 72.3 Å². The van der Waals surface area contributed by atoms with E-state index in [4.69, 9.17) is 20.3 Å². The summed E-state index contributed by atoms with van der Waals surface area (Å²) in [7, 11) is -1.95. The summed E-state index contributed by atoms with van der Waals surface area (Å²) in [6.45, 7) is 14.8. The van der Waals surface area contributed by atoms with Gasteiger partial charge in [-0.25, -0.2) is 9.97 Å². The second-order valence-corrected chi connectivity index (χ2v) is 16.5. The van der Waals surface area contributed by atoms with Gasteiger partial charge in [0.2, 0.25) is 8.32 Å². The normalized spacial score (nSPS) is 21.0. The fraction of sp³-hybridized carbons (Fsp3) is 0.519. The Kier molecular flexibility index (Phi) is 6.76. The van der Waals surface area contributed by atoms with E-state index in [2.05, 4.69) is 59.0 Å². The summed E-state index contributed by atoms with van der Waals surface area (Å²) in [5, 5.41) is 13.6. The lowest BCUT2D eigenvalue weighted by Crippen LogP contribution is -2.53. The van der Waals surface area contributed by atoms with Crippen molar-refractivity contribution in [2.45, 2.75) is 63.8 Å². The summed E-state index contributed by atoms with van der Waals surface area (Å²) in [5.74, 6) is 1.77. The largest absolute Gasteiger partial charge is 0.543 e. The number of anilines is 2. The maximum Gasteiger partial charge on any atom is 0.250 e. The number of ether oxygens (including phenoxy) is 1. The van der Waals surface area contributed by atoms with Crippen LogP contribution in [0, 0.1) is 5.41 Å². The standard InChI is InChI=1S/C27H39N7O2Si/c1-27(2,3)37(4,5)36-20-6-7-21-17(12-20)13-22(33-21)24(28)23-25(29)30-16-31-26(23)32-18-14-19(15-18)34-8-10-35-11-9-34/h6-7,12-13,16,18-19,28,33H,8-11,14-15H2,1-5H3,(H3,29,30,31,32). The molecule has 5 rings (SSSR count). The number of morpholine rings is 1. The Hall–Kier alpha value is -2.95. The molecule has 1 aliphatic heterocycles. The molecule has 3 aromatic rings. The summed E-state index contributed by atoms with van der Waals surface area (Å²) >= 11 is 0. The molecule has 0 radical (unpaired) electrons. The molecule has 0 spiro atoms. The molecule has 1 saturated carbocycles. The highest BCUT2D eigenvalue weighted by molar-refractivity contribution is 6.74. The van der Waals surface area contributed by atoms with Crippen LogP contribution in [0.25, 0.3) is 10.9 Å². The van der Waals surface area contributed by atoms with Gasteiger partial charge in [-0.1, -0.05) is 20.8 Å². The number of benzene rings is 1. The minimum atomic E-state index is -1.95. The number of hydrogen-bond donors (Lipinski definition) is 4. The molecule has 2 aliphatic rings. The van der Waals surface area contributed by atoms with Gasteiger partial charge < -0.3 is 25.2 Å². The zero-order chi connectivity index (χ0) is 26.4. The number of nitrogens with one attached hydrogen (secondary N) is 3. The monoisotopic (exact) mass is 521 g/mol. The predicted octanol–water partition coefficient (Wildman–Crippen LogP) is 4.62. The summed E-state index contributed by atoms with van der Waals surface area (Å²) in [5.41, 5.74) is 8.70. The van der Waals surface area contributed by atoms with Crippen molar-refractivity contribution in [3.8, 4) is 5.75 Å². The van der Waals surface area contributed by atoms with Gasteiger partial charge in [-0.05, 0) is 55.2 Å². The van der Waals surface area contributed by atoms with Crippen LogP contribution in [0.15, 0.2) is 30.6 Å². The van der Waals surface area contributed by atoms with Gasteiger partial charge in [0.15, 0.2) is 0 Å². The van der Waals surface area contributed by atoms with Crippen LogP contribution < -0.4 is 15.5 Å². The van der Waals surface area contributed by atoms with Crippen LogP contribution in [0.1, 0.15) is 44.9 Å². The molecular formula is C27H39N7O2Si. The summed E-state index contributed by atoms with van der Waals surface area (Å²) in [4.78, 5) is 14.5. The van der Waals surface area contributed by atoms with Crippen molar-refractivity contribution >= 4 is 36.6 Å². The molecule has 1 saturated heterocycles. The Balaban J connectivity index is 1.33. The average molecular weight is 522 g/mol. The molecule has 0 bridgehead atoms. The molecule has 0 amide bonds. The SMILES string of the molecule is CC(C)(C)[Si](C)(C)Oc1ccc2[nH]c(C(=N)c3c(N)ncnc3NC3CC(N4CCOCC4)C3)cc2c1. The van der Waals surface area contributed by atoms with E-state index >= 15 is 0 Å². The highest BCUT2D eigenvalue weighted by atomic mass is 28.4. The number of nitrogens with two attached hydrogens (primary N) is 1. The van der Waals surface area contributed by atoms with Crippen LogP contribution in [0.3, 0.4) is 0 Å². The fourth-order valence-electron chi connectivity index (χ4n) is 4.79. The molecule has 198 valence electrons. The van der Waals surface area contributed by atoms with Crippen LogP contribution >= 0.6 is 0 Å². The molecule has 5 N–H and O–H groups in total. The van der Waals surface area contributed by atoms with Crippen molar-refractivity contribution in [3.63, 3.8) is 0 Å². The molecule has 0 atom stereocenters. The lowest BCUT2D eigenvalue weighted by atomic mass is 9.85. The number of nitrogen functional groups attached to an aromatic ring is 1. The minimum Gasteiger partial charge on any atom is -0.543 e. The topological polar surface area (TPSA) is 125 Å². The molecular weight excluding hydrogens is 482 g/mol. The third kappa shape index (κ3) is 5.23. The zero-order valence-corrected chi connectivity index (χ0v) is 23.5. The van der Waals surface area contributed by atoms with Gasteiger partial charge in [0, 0.05) is 36.1 Å². The predicted molar refractivity (Wildman–Crippen MR) is 151 cm³/mol. The van der Waals surface area contributed by atoms with Crippen LogP contribution in [0.5, 0.6) is 5.75 Å². The third-order valence-electron chi connectivity index (χ3n) is 8.18. The van der Waals surface area contributed by atoms with Gasteiger partial charge in [0.25, 0.3) is 0 Å². The smallest absolute Gasteiger partial charge is 0.250 e. The van der Waals surface area contributed by atoms with E-state index in [-0.39, 0.29) is 10.7 Å². The quantitative estimate of drug-likeness (QED) is 0.264. The van der Waals surface area contributed by atoms with Crippen LogP contribution in [-0.2, 0) is 4.74 Å². The molecule has 9 nitrogen and oxygen atoms in total. The van der Waals surface area contributed by atoms with Gasteiger partial charge >= 0.3 is 0 Å². The maximum atomic E-state index is 9.01. The molecule has 3 heterocycles. The van der Waals surface area contributed by atoms with Crippen molar-refractivity contribution in [1.29, 1.82) is 5.41 Å². The first-order valence-electron chi connectivity index (χ1n) is 13.1. The van der Waals surface area contributed by atoms with E-state index in [9.17, 15) is 0 Å². The number of aromatic nitrogens is 3. The highest BCUT2D eigenvalue weighted by Crippen LogP contribution is 2.38. The summed E-state index contributed by atoms with van der Waals surface area (Å²) < 4.78 is 12.0. The van der Waals surface area contributed by atoms with E-state index in [0.29, 0.717) is 35.0 Å². The summed E-state index contributed by atoms with van der Waals surface area (Å²) in [6, 6.07) is 8.91. The van der Waals surface area contributed by atoms with E-state index < -0.39 is 8.32 Å². The van der Waals surface area contributed by atoms with E-state index in [1.165, 1.54) is 6.33 Å². The van der Waals surface area contributed by atoms with Gasteiger partial charge in [-0.2, -0.15) is 0 Å². The Morgan fingerprint density at radius 3 is 2.62 bits per heavy atom. The van der Waals surface area contributed by atoms with E-state index in [1.54, 1.807) is 0 Å². The van der Waals surface area contributed by atoms with Gasteiger partial charge in [0.05, 0.1) is 30.2 Å². The number of rotatable bonds is 7. The first-order chi connectivity index (χ1) is 17.5. The van der Waals surface area contributed by atoms with Crippen molar-refractivity contribution in [3.05, 3.63) is 41.9 Å². The van der Waals surface area contributed by atoms with Gasteiger partial charge in [-0.15, -0.1) is 0 Å². The highest BCUT2D eigenvalue weighted by Gasteiger charge is 2.39. The van der Waals surface area contributed by atoms with Crippen LogP contribution in [0.4, 0.5) is 11.6 Å². The van der Waals surface area contributed by atoms with E-state index in [1.807, 2.05) is 24.3 Å². The van der Waals surface area contributed by atoms with Gasteiger partial charge in [-0.3, -0.25) is 10.3 Å². The zero-order valence-electron chi connectivity index (χ0n) is 22.5. The molecule has 2 fully saturated rings. The average Bonchev–Trinajstić information content (AvgIpc) is 3.24. The minimum absolute atomic E-state index is 0.115. The van der Waals surface area contributed by atoms with Crippen LogP contribution in [0.2, 0.25) is 18.1 Å². The molecule has 37 heavy (non-hydrogen) atoms. The Labute approximate surface area is 219 Å². The second kappa shape index (κ2) is 9.73. The number of hydrogen-bond acceptors (Lipinski definition) is 8. The second-order valence-electron chi connectivity index (χ2n) is 11.8. The van der Waals surface area contributed by atoms with Crippen molar-refractivity contribution in [2.24, 2.45) is 0 Å². The Bertz CT molecular complexity index is 1290. The number of fused-ring (bicyclic) bond motifs is 1. The van der Waals surface area contributed by atoms with E-state index in [0.717, 1.165) is 55.8 Å². The molecule has 0 unspecified atom stereocenters. The van der Waals surface area contributed by atoms with Crippen molar-refractivity contribution < 1.29 is 9.16 Å². The molecule has 10 heteroatoms. The number of aromatic amines is 1. The summed E-state index contributed by atoms with van der Waals surface area (Å²) in [6.07, 6.45) is 3.54. The fourth-order valence-corrected chi connectivity index (χ4v) is 5.81. The molecule has 1 aliphatic carbocycles. The Morgan fingerprint density at radius 1 is 1.19 bits per heavy atom. The van der Waals surface area contributed by atoms with Crippen molar-refractivity contribution in [2.75, 3.05) is 37.4 Å². The van der Waals surface area contributed by atoms with Gasteiger partial charge in [0.1, 0.15) is 23.7 Å². The Morgan fingerprint density at radius 2 is 1.92 bits per heavy atom. The lowest BCUT2D eigenvalue weighted by molar-refractivity contribution is -0.00439. The third-order valence-corrected chi connectivity index (χ3v) is 12.5.